The van der Waals surface area contributed by atoms with Crippen molar-refractivity contribution >= 4 is 5.96 Å². The highest BCUT2D eigenvalue weighted by atomic mass is 15.4. The Balaban J connectivity index is 1.63. The van der Waals surface area contributed by atoms with E-state index in [1.54, 1.807) is 0 Å². The summed E-state index contributed by atoms with van der Waals surface area (Å²) in [7, 11) is 0. The second kappa shape index (κ2) is 8.03. The molecule has 1 saturated heterocycles. The van der Waals surface area contributed by atoms with Gasteiger partial charge in [-0.15, -0.1) is 5.92 Å². The molecular weight excluding hydrogens is 284 g/mol. The summed E-state index contributed by atoms with van der Waals surface area (Å²) in [6.45, 7) is 7.87. The van der Waals surface area contributed by atoms with Crippen LogP contribution in [0.25, 0.3) is 0 Å². The van der Waals surface area contributed by atoms with E-state index in [0.717, 1.165) is 58.1 Å². The fraction of sp³-hybridized carbons (Fsp3) is 0.526. The molecule has 0 aliphatic carbocycles. The number of benzene rings is 1. The van der Waals surface area contributed by atoms with Crippen LogP contribution in [-0.2, 0) is 6.42 Å². The van der Waals surface area contributed by atoms with E-state index in [-0.39, 0.29) is 0 Å². The van der Waals surface area contributed by atoms with Gasteiger partial charge in [0.1, 0.15) is 0 Å². The highest BCUT2D eigenvalue weighted by molar-refractivity contribution is 5.82. The molecule has 2 aliphatic rings. The van der Waals surface area contributed by atoms with Crippen LogP contribution in [0.4, 0.5) is 0 Å². The highest BCUT2D eigenvalue weighted by Crippen LogP contribution is 2.17. The van der Waals surface area contributed by atoms with Gasteiger partial charge in [-0.2, -0.15) is 0 Å². The Morgan fingerprint density at radius 1 is 1.22 bits per heavy atom. The maximum Gasteiger partial charge on any atom is 0.197 e. The van der Waals surface area contributed by atoms with E-state index in [1.165, 1.54) is 5.56 Å². The third-order valence-corrected chi connectivity index (χ3v) is 4.47. The molecule has 0 bridgehead atoms. The van der Waals surface area contributed by atoms with Gasteiger partial charge in [0.25, 0.3) is 0 Å². The van der Waals surface area contributed by atoms with E-state index < -0.39 is 0 Å². The van der Waals surface area contributed by atoms with Crippen molar-refractivity contribution in [1.82, 2.24) is 15.1 Å². The summed E-state index contributed by atoms with van der Waals surface area (Å²) in [6.07, 6.45) is 2.20. The molecule has 1 fully saturated rings. The third-order valence-electron chi connectivity index (χ3n) is 4.47. The minimum atomic E-state index is 0.388. The lowest BCUT2D eigenvalue weighted by molar-refractivity contribution is 0.313. The number of nitrogens with one attached hydrogen (secondary N) is 1. The molecule has 3 rings (SSSR count). The van der Waals surface area contributed by atoms with Gasteiger partial charge in [0.15, 0.2) is 5.96 Å². The summed E-state index contributed by atoms with van der Waals surface area (Å²) in [4.78, 5) is 9.81. The highest BCUT2D eigenvalue weighted by Gasteiger charge is 2.28. The van der Waals surface area contributed by atoms with Crippen LogP contribution in [0.2, 0.25) is 0 Å². The molecule has 23 heavy (non-hydrogen) atoms. The molecule has 1 aromatic carbocycles. The number of hydrogen-bond donors (Lipinski definition) is 1. The van der Waals surface area contributed by atoms with Crippen molar-refractivity contribution < 1.29 is 0 Å². The molecule has 2 heterocycles. The summed E-state index contributed by atoms with van der Waals surface area (Å²) in [5.41, 5.74) is 1.40. The summed E-state index contributed by atoms with van der Waals surface area (Å²) in [6, 6.07) is 11.1. The maximum absolute atomic E-state index is 5.03. The van der Waals surface area contributed by atoms with Crippen LogP contribution in [-0.4, -0.2) is 61.1 Å². The van der Waals surface area contributed by atoms with Crippen molar-refractivity contribution in [2.24, 2.45) is 4.99 Å². The molecule has 1 atom stereocenters. The zero-order chi connectivity index (χ0) is 15.9. The fourth-order valence-corrected chi connectivity index (χ4v) is 3.21. The predicted octanol–water partition coefficient (Wildman–Crippen LogP) is 1.59. The Morgan fingerprint density at radius 3 is 2.74 bits per heavy atom. The molecule has 0 saturated carbocycles. The van der Waals surface area contributed by atoms with E-state index in [9.17, 15) is 0 Å². The molecule has 2 aliphatic heterocycles. The smallest absolute Gasteiger partial charge is 0.197 e. The van der Waals surface area contributed by atoms with Gasteiger partial charge >= 0.3 is 0 Å². The average Bonchev–Trinajstić information content (AvgIpc) is 3.03. The van der Waals surface area contributed by atoms with Crippen LogP contribution in [0.3, 0.4) is 0 Å². The van der Waals surface area contributed by atoms with Gasteiger partial charge in [-0.1, -0.05) is 36.3 Å². The van der Waals surface area contributed by atoms with Crippen LogP contribution in [0.5, 0.6) is 0 Å². The normalized spacial score (nSPS) is 20.9. The van der Waals surface area contributed by atoms with E-state index in [2.05, 4.69) is 57.3 Å². The van der Waals surface area contributed by atoms with Crippen molar-refractivity contribution in [2.75, 3.05) is 39.3 Å². The lowest BCUT2D eigenvalue weighted by Gasteiger charge is -2.33. The predicted molar refractivity (Wildman–Crippen MR) is 95.5 cm³/mol. The summed E-state index contributed by atoms with van der Waals surface area (Å²) < 4.78 is 0. The molecule has 1 N–H and O–H groups in total. The molecule has 0 radical (unpaired) electrons. The number of aliphatic imine (C=N–C) groups is 1. The summed E-state index contributed by atoms with van der Waals surface area (Å²) >= 11 is 0. The van der Waals surface area contributed by atoms with Crippen molar-refractivity contribution in [3.63, 3.8) is 0 Å². The van der Waals surface area contributed by atoms with E-state index in [1.807, 2.05) is 6.92 Å². The van der Waals surface area contributed by atoms with Gasteiger partial charge < -0.3 is 15.1 Å². The van der Waals surface area contributed by atoms with Gasteiger partial charge in [0.2, 0.25) is 0 Å². The zero-order valence-electron chi connectivity index (χ0n) is 14.0. The fourth-order valence-electron chi connectivity index (χ4n) is 3.21. The van der Waals surface area contributed by atoms with Crippen LogP contribution in [0.15, 0.2) is 35.3 Å². The largest absolute Gasteiger partial charge is 0.340 e. The van der Waals surface area contributed by atoms with Gasteiger partial charge in [-0.3, -0.25) is 0 Å². The van der Waals surface area contributed by atoms with Gasteiger partial charge in [0.05, 0.1) is 12.6 Å². The van der Waals surface area contributed by atoms with Crippen molar-refractivity contribution in [1.29, 1.82) is 0 Å². The Labute approximate surface area is 139 Å². The Hall–Kier alpha value is -1.99. The topological polar surface area (TPSA) is 30.9 Å². The van der Waals surface area contributed by atoms with E-state index in [4.69, 9.17) is 4.99 Å². The Bertz CT molecular complexity index is 578. The first-order valence-corrected chi connectivity index (χ1v) is 8.59. The standard InChI is InChI=1S/C19H26N4/c1-2-3-13-23-16-18(10-9-17-7-5-4-6-8-17)21-19(23)22-14-11-20-12-15-22/h4-8,18,20H,9-16H2,1H3. The van der Waals surface area contributed by atoms with Crippen molar-refractivity contribution in [2.45, 2.75) is 25.8 Å². The monoisotopic (exact) mass is 310 g/mol. The molecule has 122 valence electrons. The van der Waals surface area contributed by atoms with E-state index in [0.29, 0.717) is 6.04 Å². The Morgan fingerprint density at radius 2 is 2.00 bits per heavy atom. The second-order valence-electron chi connectivity index (χ2n) is 6.15. The van der Waals surface area contributed by atoms with Crippen LogP contribution in [0.1, 0.15) is 18.9 Å². The first kappa shape index (κ1) is 15.9. The molecule has 4 nitrogen and oxygen atoms in total. The summed E-state index contributed by atoms with van der Waals surface area (Å²) in [5, 5.41) is 3.41. The van der Waals surface area contributed by atoms with Crippen molar-refractivity contribution in [3.8, 4) is 11.8 Å². The lowest BCUT2D eigenvalue weighted by atomic mass is 10.1. The number of piperazine rings is 1. The molecule has 0 spiro atoms. The second-order valence-corrected chi connectivity index (χ2v) is 6.15. The van der Waals surface area contributed by atoms with Crippen molar-refractivity contribution in [3.05, 3.63) is 35.9 Å². The average molecular weight is 310 g/mol. The molecule has 4 heteroatoms. The number of rotatable bonds is 4. The first-order chi connectivity index (χ1) is 11.4. The first-order valence-electron chi connectivity index (χ1n) is 8.59. The number of hydrogen-bond acceptors (Lipinski definition) is 4. The number of guanidine groups is 1. The van der Waals surface area contributed by atoms with Crippen LogP contribution >= 0.6 is 0 Å². The molecular formula is C19H26N4. The molecule has 0 aromatic heterocycles. The molecule has 1 unspecified atom stereocenters. The minimum Gasteiger partial charge on any atom is -0.340 e. The molecule has 0 amide bonds. The van der Waals surface area contributed by atoms with Gasteiger partial charge in [0, 0.05) is 32.7 Å². The maximum atomic E-state index is 5.03. The number of aryl methyl sites for hydroxylation is 1. The quantitative estimate of drug-likeness (QED) is 0.857. The number of nitrogens with zero attached hydrogens (tertiary/aromatic N) is 3. The Kier molecular flexibility index (Phi) is 5.55. The minimum absolute atomic E-state index is 0.388. The van der Waals surface area contributed by atoms with Gasteiger partial charge in [-0.05, 0) is 25.3 Å². The summed E-state index contributed by atoms with van der Waals surface area (Å²) in [5.74, 6) is 7.38. The lowest BCUT2D eigenvalue weighted by Crippen LogP contribution is -2.51. The third kappa shape index (κ3) is 4.27. The van der Waals surface area contributed by atoms with Crippen LogP contribution in [0, 0.1) is 11.8 Å². The SMILES string of the molecule is CC#CCN1CC(CCc2ccccc2)N=C1N1CCNCC1. The van der Waals surface area contributed by atoms with E-state index >= 15 is 0 Å². The zero-order valence-corrected chi connectivity index (χ0v) is 14.0. The van der Waals surface area contributed by atoms with Crippen LogP contribution < -0.4 is 5.32 Å². The molecule has 1 aromatic rings. The van der Waals surface area contributed by atoms with Gasteiger partial charge in [-0.25, -0.2) is 4.99 Å².